The first-order valence-electron chi connectivity index (χ1n) is 2.98. The maximum absolute atomic E-state index is 6.80. The molecule has 1 rings (SSSR count). The second kappa shape index (κ2) is 3.25. The Hall–Kier alpha value is -0.520. The van der Waals surface area contributed by atoms with Gasteiger partial charge in [-0.3, -0.25) is 0 Å². The zero-order chi connectivity index (χ0) is 8.43. The zero-order valence-corrected chi connectivity index (χ0v) is 8.20. The molecular formula is C8H5BrClN. The molecule has 0 amide bonds. The monoisotopic (exact) mass is 229 g/mol. The lowest BCUT2D eigenvalue weighted by molar-refractivity contribution is 1.47. The van der Waals surface area contributed by atoms with Crippen LogP contribution in [0.3, 0.4) is 0 Å². The summed E-state index contributed by atoms with van der Waals surface area (Å²) in [5.74, 6) is 0. The van der Waals surface area contributed by atoms with Gasteiger partial charge in [-0.2, -0.15) is 0 Å². The molecular weight excluding hydrogens is 225 g/mol. The van der Waals surface area contributed by atoms with Crippen LogP contribution in [-0.4, -0.2) is 0 Å². The van der Waals surface area contributed by atoms with E-state index in [0.29, 0.717) is 10.7 Å². The van der Waals surface area contributed by atoms with Crippen LogP contribution in [0.5, 0.6) is 0 Å². The Morgan fingerprint density at radius 1 is 1.55 bits per heavy atom. The van der Waals surface area contributed by atoms with Crippen LogP contribution in [0.15, 0.2) is 16.6 Å². The van der Waals surface area contributed by atoms with Crippen LogP contribution in [0.1, 0.15) is 5.56 Å². The van der Waals surface area contributed by atoms with Crippen LogP contribution in [-0.2, 0) is 0 Å². The molecule has 0 N–H and O–H groups in total. The van der Waals surface area contributed by atoms with Crippen molar-refractivity contribution in [3.8, 4) is 0 Å². The SMILES string of the molecule is [C-]#[N+]c1cc(Cl)c(Br)cc1C. The highest BCUT2D eigenvalue weighted by Crippen LogP contribution is 2.30. The molecule has 0 spiro atoms. The average molecular weight is 230 g/mol. The molecule has 0 radical (unpaired) electrons. The van der Waals surface area contributed by atoms with E-state index >= 15 is 0 Å². The molecule has 0 atom stereocenters. The normalized spacial score (nSPS) is 9.27. The van der Waals surface area contributed by atoms with Gasteiger partial charge in [-0.25, -0.2) is 4.85 Å². The highest BCUT2D eigenvalue weighted by atomic mass is 79.9. The third kappa shape index (κ3) is 1.74. The van der Waals surface area contributed by atoms with Crippen LogP contribution < -0.4 is 0 Å². The molecule has 1 nitrogen and oxygen atoms in total. The van der Waals surface area contributed by atoms with Gasteiger partial charge in [0, 0.05) is 9.50 Å². The fraction of sp³-hybridized carbons (Fsp3) is 0.125. The fourth-order valence-corrected chi connectivity index (χ4v) is 1.37. The first kappa shape index (κ1) is 8.58. The molecule has 0 aliphatic rings. The fourth-order valence-electron chi connectivity index (χ4n) is 0.756. The van der Waals surface area contributed by atoms with Gasteiger partial charge < -0.3 is 0 Å². The van der Waals surface area contributed by atoms with Crippen molar-refractivity contribution < 1.29 is 0 Å². The van der Waals surface area contributed by atoms with E-state index in [1.807, 2.05) is 13.0 Å². The largest absolute Gasteiger partial charge is 0.238 e. The predicted octanol–water partition coefficient (Wildman–Crippen LogP) is 3.96. The van der Waals surface area contributed by atoms with Crippen molar-refractivity contribution in [1.29, 1.82) is 0 Å². The van der Waals surface area contributed by atoms with Gasteiger partial charge in [0.1, 0.15) is 0 Å². The number of hydrogen-bond acceptors (Lipinski definition) is 0. The Balaban J connectivity index is 3.35. The molecule has 0 aliphatic heterocycles. The molecule has 0 aromatic heterocycles. The number of rotatable bonds is 0. The summed E-state index contributed by atoms with van der Waals surface area (Å²) in [6.45, 7) is 8.69. The van der Waals surface area contributed by atoms with E-state index in [2.05, 4.69) is 20.8 Å². The summed E-state index contributed by atoms with van der Waals surface area (Å²) in [5, 5.41) is 0.585. The van der Waals surface area contributed by atoms with E-state index in [9.17, 15) is 0 Å². The Kier molecular flexibility index (Phi) is 2.53. The summed E-state index contributed by atoms with van der Waals surface area (Å²) >= 11 is 9.05. The smallest absolute Gasteiger partial charge is 0.191 e. The lowest BCUT2D eigenvalue weighted by Crippen LogP contribution is -1.74. The number of benzene rings is 1. The molecule has 0 unspecified atom stereocenters. The van der Waals surface area contributed by atoms with Gasteiger partial charge >= 0.3 is 0 Å². The van der Waals surface area contributed by atoms with E-state index in [-0.39, 0.29) is 0 Å². The minimum Gasteiger partial charge on any atom is -0.238 e. The Bertz CT molecular complexity index is 328. The topological polar surface area (TPSA) is 4.36 Å². The maximum Gasteiger partial charge on any atom is 0.191 e. The summed E-state index contributed by atoms with van der Waals surface area (Å²) in [4.78, 5) is 3.32. The van der Waals surface area contributed by atoms with Gasteiger partial charge in [-0.1, -0.05) is 17.7 Å². The zero-order valence-electron chi connectivity index (χ0n) is 5.86. The van der Waals surface area contributed by atoms with Crippen LogP contribution in [0.2, 0.25) is 5.02 Å². The van der Waals surface area contributed by atoms with Gasteiger partial charge in [-0.15, -0.1) is 0 Å². The van der Waals surface area contributed by atoms with Crippen molar-refractivity contribution >= 4 is 33.2 Å². The molecule has 11 heavy (non-hydrogen) atoms. The van der Waals surface area contributed by atoms with Gasteiger partial charge in [0.05, 0.1) is 6.57 Å². The van der Waals surface area contributed by atoms with Crippen molar-refractivity contribution in [1.82, 2.24) is 0 Å². The summed E-state index contributed by atoms with van der Waals surface area (Å²) in [6.07, 6.45) is 0. The Morgan fingerprint density at radius 3 is 2.73 bits per heavy atom. The molecule has 0 aliphatic carbocycles. The molecule has 0 fully saturated rings. The van der Waals surface area contributed by atoms with Crippen molar-refractivity contribution in [2.24, 2.45) is 0 Å². The summed E-state index contributed by atoms with van der Waals surface area (Å²) in [6, 6.07) is 3.50. The lowest BCUT2D eigenvalue weighted by atomic mass is 10.2. The van der Waals surface area contributed by atoms with Crippen LogP contribution >= 0.6 is 27.5 Å². The van der Waals surface area contributed by atoms with Gasteiger partial charge in [0.15, 0.2) is 5.69 Å². The van der Waals surface area contributed by atoms with Gasteiger partial charge in [0.2, 0.25) is 0 Å². The second-order valence-corrected chi connectivity index (χ2v) is 3.43. The number of nitrogens with zero attached hydrogens (tertiary/aromatic N) is 1. The number of hydrogen-bond donors (Lipinski definition) is 0. The third-order valence-electron chi connectivity index (χ3n) is 1.36. The lowest BCUT2D eigenvalue weighted by Gasteiger charge is -1.99. The Labute approximate surface area is 78.9 Å². The van der Waals surface area contributed by atoms with Crippen LogP contribution in [0.4, 0.5) is 5.69 Å². The molecule has 1 aromatic carbocycles. The van der Waals surface area contributed by atoms with E-state index in [4.69, 9.17) is 18.2 Å². The van der Waals surface area contributed by atoms with Crippen LogP contribution in [0, 0.1) is 13.5 Å². The van der Waals surface area contributed by atoms with Crippen molar-refractivity contribution in [3.05, 3.63) is 38.6 Å². The van der Waals surface area contributed by atoms with E-state index in [1.165, 1.54) is 0 Å². The van der Waals surface area contributed by atoms with Gasteiger partial charge in [-0.05, 0) is 34.5 Å². The van der Waals surface area contributed by atoms with Gasteiger partial charge in [0.25, 0.3) is 0 Å². The quantitative estimate of drug-likeness (QED) is 0.594. The van der Waals surface area contributed by atoms with E-state index in [1.54, 1.807) is 6.07 Å². The van der Waals surface area contributed by atoms with Crippen molar-refractivity contribution in [2.45, 2.75) is 6.92 Å². The predicted molar refractivity (Wildman–Crippen MR) is 50.2 cm³/mol. The van der Waals surface area contributed by atoms with Crippen LogP contribution in [0.25, 0.3) is 4.85 Å². The molecule has 0 heterocycles. The average Bonchev–Trinajstić information content (AvgIpc) is 1.97. The van der Waals surface area contributed by atoms with E-state index < -0.39 is 0 Å². The molecule has 0 saturated heterocycles. The number of aryl methyl sites for hydroxylation is 1. The first-order chi connectivity index (χ1) is 5.15. The third-order valence-corrected chi connectivity index (χ3v) is 2.56. The highest BCUT2D eigenvalue weighted by Gasteiger charge is 2.02. The molecule has 56 valence electrons. The molecule has 0 saturated carbocycles. The Morgan fingerprint density at radius 2 is 2.18 bits per heavy atom. The first-order valence-corrected chi connectivity index (χ1v) is 4.15. The van der Waals surface area contributed by atoms with E-state index in [0.717, 1.165) is 10.0 Å². The van der Waals surface area contributed by atoms with Crippen molar-refractivity contribution in [2.75, 3.05) is 0 Å². The molecule has 1 aromatic rings. The second-order valence-electron chi connectivity index (χ2n) is 2.16. The minimum absolute atomic E-state index is 0.585. The molecule has 3 heteroatoms. The minimum atomic E-state index is 0.585. The van der Waals surface area contributed by atoms with Crippen molar-refractivity contribution in [3.63, 3.8) is 0 Å². The maximum atomic E-state index is 6.80. The highest BCUT2D eigenvalue weighted by molar-refractivity contribution is 9.10. The number of halogens is 2. The summed E-state index contributed by atoms with van der Waals surface area (Å²) < 4.78 is 0.837. The summed E-state index contributed by atoms with van der Waals surface area (Å²) in [5.41, 5.74) is 1.55. The standard InChI is InChI=1S/C8H5BrClN/c1-5-3-6(9)7(10)4-8(5)11-2/h3-4H,1H3. The molecule has 0 bridgehead atoms. The summed E-state index contributed by atoms with van der Waals surface area (Å²) in [7, 11) is 0.